The lowest BCUT2D eigenvalue weighted by molar-refractivity contribution is 0.463. The average molecular weight is 363 g/mol. The normalized spacial score (nSPS) is 12.3. The van der Waals surface area contributed by atoms with Gasteiger partial charge in [0.05, 0.1) is 5.02 Å². The van der Waals surface area contributed by atoms with Crippen LogP contribution in [0.25, 0.3) is 5.57 Å². The summed E-state index contributed by atoms with van der Waals surface area (Å²) >= 11 is 23.1. The lowest BCUT2D eigenvalue weighted by Gasteiger charge is -2.10. The highest BCUT2D eigenvalue weighted by Gasteiger charge is 2.16. The molecule has 0 spiro atoms. The second-order valence-corrected chi connectivity index (χ2v) is 7.12. The molecule has 2 rings (SSSR count). The van der Waals surface area contributed by atoms with Crippen molar-refractivity contribution in [3.05, 3.63) is 59.3 Å². The van der Waals surface area contributed by atoms with Crippen molar-refractivity contribution in [3.8, 4) is 11.6 Å². The lowest BCUT2D eigenvalue weighted by atomic mass is 10.1. The van der Waals surface area contributed by atoms with Crippen molar-refractivity contribution >= 4 is 52.0 Å². The smallest absolute Gasteiger partial charge is 0.219 e. The van der Waals surface area contributed by atoms with Gasteiger partial charge in [0, 0.05) is 12.3 Å². The van der Waals surface area contributed by atoms with Crippen molar-refractivity contribution in [2.45, 2.75) is 10.7 Å². The van der Waals surface area contributed by atoms with E-state index in [9.17, 15) is 0 Å². The van der Waals surface area contributed by atoms with E-state index in [0.717, 1.165) is 11.1 Å². The number of rotatable bonds is 3. The van der Waals surface area contributed by atoms with Gasteiger partial charge in [0.15, 0.2) is 0 Å². The molecule has 2 nitrogen and oxygen atoms in total. The van der Waals surface area contributed by atoms with Gasteiger partial charge in [0.25, 0.3) is 0 Å². The van der Waals surface area contributed by atoms with Crippen LogP contribution in [0.15, 0.2) is 48.7 Å². The maximum Gasteiger partial charge on any atom is 0.219 e. The third-order valence-electron chi connectivity index (χ3n) is 2.59. The zero-order valence-corrected chi connectivity index (χ0v) is 14.0. The van der Waals surface area contributed by atoms with Crippen LogP contribution >= 0.6 is 46.4 Å². The quantitative estimate of drug-likeness (QED) is 0.597. The van der Waals surface area contributed by atoms with Crippen molar-refractivity contribution in [1.29, 1.82) is 0 Å². The van der Waals surface area contributed by atoms with E-state index in [-0.39, 0.29) is 0 Å². The first-order valence-corrected chi connectivity index (χ1v) is 7.51. The molecule has 21 heavy (non-hydrogen) atoms. The average Bonchev–Trinajstić information content (AvgIpc) is 2.40. The van der Waals surface area contributed by atoms with Crippen LogP contribution in [0.2, 0.25) is 5.02 Å². The highest BCUT2D eigenvalue weighted by atomic mass is 35.6. The molecule has 1 aromatic heterocycles. The molecule has 0 saturated heterocycles. The highest BCUT2D eigenvalue weighted by molar-refractivity contribution is 6.69. The van der Waals surface area contributed by atoms with E-state index in [1.54, 1.807) is 18.2 Å². The van der Waals surface area contributed by atoms with Gasteiger partial charge in [-0.05, 0) is 42.3 Å². The second-order valence-electron chi connectivity index (χ2n) is 4.31. The Morgan fingerprint density at radius 3 is 2.57 bits per heavy atom. The summed E-state index contributed by atoms with van der Waals surface area (Å²) in [6, 6.07) is 10.8. The number of benzene rings is 1. The molecule has 0 amide bonds. The van der Waals surface area contributed by atoms with E-state index < -0.39 is 3.79 Å². The summed E-state index contributed by atoms with van der Waals surface area (Å²) in [7, 11) is 0. The van der Waals surface area contributed by atoms with Crippen molar-refractivity contribution < 1.29 is 4.74 Å². The second kappa shape index (κ2) is 6.89. The third kappa shape index (κ3) is 5.40. The summed E-state index contributed by atoms with van der Waals surface area (Å²) in [5.74, 6) is 1.10. The number of hydrogen-bond donors (Lipinski definition) is 0. The molecule has 2 aromatic rings. The standard InChI is InChI=1S/C15H11Cl4NO/c1-10(8-15(17,18)19)11-3-2-4-13(7-11)21-14-6-5-12(16)9-20-14/h2-9H,1H3. The minimum atomic E-state index is -1.43. The monoisotopic (exact) mass is 361 g/mol. The first-order valence-electron chi connectivity index (χ1n) is 5.99. The number of halogens is 4. The summed E-state index contributed by atoms with van der Waals surface area (Å²) in [4.78, 5) is 4.08. The minimum absolute atomic E-state index is 0.458. The van der Waals surface area contributed by atoms with Crippen molar-refractivity contribution in [2.75, 3.05) is 0 Å². The van der Waals surface area contributed by atoms with E-state index >= 15 is 0 Å². The van der Waals surface area contributed by atoms with E-state index in [1.807, 2.05) is 31.2 Å². The Bertz CT molecular complexity index is 647. The number of allylic oxidation sites excluding steroid dienone is 2. The first kappa shape index (κ1) is 16.4. The topological polar surface area (TPSA) is 22.1 Å². The summed E-state index contributed by atoms with van der Waals surface area (Å²) < 4.78 is 4.23. The van der Waals surface area contributed by atoms with Crippen LogP contribution in [0.1, 0.15) is 12.5 Å². The van der Waals surface area contributed by atoms with Gasteiger partial charge in [0.1, 0.15) is 5.75 Å². The van der Waals surface area contributed by atoms with Crippen LogP contribution in [0.3, 0.4) is 0 Å². The largest absolute Gasteiger partial charge is 0.439 e. The Morgan fingerprint density at radius 1 is 1.19 bits per heavy atom. The van der Waals surface area contributed by atoms with Crippen LogP contribution < -0.4 is 4.74 Å². The molecule has 0 aliphatic carbocycles. The number of hydrogen-bond acceptors (Lipinski definition) is 2. The zero-order valence-electron chi connectivity index (χ0n) is 11.0. The summed E-state index contributed by atoms with van der Waals surface area (Å²) in [6.45, 7) is 1.86. The molecule has 0 bridgehead atoms. The number of alkyl halides is 3. The molecule has 1 aromatic carbocycles. The van der Waals surface area contributed by atoms with Gasteiger partial charge in [-0.1, -0.05) is 58.5 Å². The van der Waals surface area contributed by atoms with E-state index in [4.69, 9.17) is 51.1 Å². The Kier molecular flexibility index (Phi) is 5.39. The fourth-order valence-corrected chi connectivity index (χ4v) is 2.28. The molecule has 0 aliphatic heterocycles. The van der Waals surface area contributed by atoms with Crippen LogP contribution in [0.5, 0.6) is 11.6 Å². The maximum absolute atomic E-state index is 5.78. The number of ether oxygens (including phenoxy) is 1. The molecule has 1 heterocycles. The van der Waals surface area contributed by atoms with E-state index in [1.165, 1.54) is 6.20 Å². The maximum atomic E-state index is 5.78. The fraction of sp³-hybridized carbons (Fsp3) is 0.133. The van der Waals surface area contributed by atoms with Gasteiger partial charge >= 0.3 is 0 Å². The van der Waals surface area contributed by atoms with Crippen LogP contribution in [-0.2, 0) is 0 Å². The first-order chi connectivity index (χ1) is 9.83. The predicted molar refractivity (Wildman–Crippen MR) is 89.7 cm³/mol. The minimum Gasteiger partial charge on any atom is -0.439 e. The summed E-state index contributed by atoms with van der Waals surface area (Å²) in [5, 5.41) is 0.553. The SMILES string of the molecule is CC(=CC(Cl)(Cl)Cl)c1cccc(Oc2ccc(Cl)cn2)c1. The third-order valence-corrected chi connectivity index (χ3v) is 3.14. The predicted octanol–water partition coefficient (Wildman–Crippen LogP) is 6.30. The van der Waals surface area contributed by atoms with Gasteiger partial charge in [-0.25, -0.2) is 4.98 Å². The molecule has 0 fully saturated rings. The molecule has 110 valence electrons. The Labute approximate surface area is 143 Å². The molecule has 0 saturated carbocycles. The van der Waals surface area contributed by atoms with E-state index in [2.05, 4.69) is 4.98 Å². The molecular formula is C15H11Cl4NO. The molecule has 0 aliphatic rings. The van der Waals surface area contributed by atoms with Crippen LogP contribution in [0, 0.1) is 0 Å². The Morgan fingerprint density at radius 2 is 1.95 bits per heavy atom. The van der Waals surface area contributed by atoms with Crippen LogP contribution in [0.4, 0.5) is 0 Å². The molecule has 0 unspecified atom stereocenters. The molecule has 6 heteroatoms. The molecule has 0 N–H and O–H groups in total. The molecule has 0 radical (unpaired) electrons. The summed E-state index contributed by atoms with van der Waals surface area (Å²) in [5.41, 5.74) is 1.73. The Balaban J connectivity index is 2.22. The van der Waals surface area contributed by atoms with Gasteiger partial charge in [-0.3, -0.25) is 0 Å². The van der Waals surface area contributed by atoms with Gasteiger partial charge in [-0.2, -0.15) is 0 Å². The Hall–Kier alpha value is -0.930. The number of nitrogens with zero attached hydrogens (tertiary/aromatic N) is 1. The van der Waals surface area contributed by atoms with E-state index in [0.29, 0.717) is 16.7 Å². The lowest BCUT2D eigenvalue weighted by Crippen LogP contribution is -1.97. The van der Waals surface area contributed by atoms with Crippen molar-refractivity contribution in [2.24, 2.45) is 0 Å². The fourth-order valence-electron chi connectivity index (χ4n) is 1.68. The highest BCUT2D eigenvalue weighted by Crippen LogP contribution is 2.32. The molecular weight excluding hydrogens is 352 g/mol. The number of aromatic nitrogens is 1. The summed E-state index contributed by atoms with van der Waals surface area (Å²) in [6.07, 6.45) is 3.08. The van der Waals surface area contributed by atoms with Gasteiger partial charge in [0.2, 0.25) is 9.67 Å². The zero-order chi connectivity index (χ0) is 15.5. The van der Waals surface area contributed by atoms with Crippen molar-refractivity contribution in [1.82, 2.24) is 4.98 Å². The van der Waals surface area contributed by atoms with Gasteiger partial charge < -0.3 is 4.74 Å². The van der Waals surface area contributed by atoms with Crippen LogP contribution in [-0.4, -0.2) is 8.78 Å². The van der Waals surface area contributed by atoms with Crippen molar-refractivity contribution in [3.63, 3.8) is 0 Å². The number of pyridine rings is 1. The van der Waals surface area contributed by atoms with Gasteiger partial charge in [-0.15, -0.1) is 0 Å². The molecule has 0 atom stereocenters.